The number of nitrogens with zero attached hydrogens (tertiary/aromatic N) is 2. The molecule has 0 saturated carbocycles. The van der Waals surface area contributed by atoms with Crippen molar-refractivity contribution < 1.29 is 4.84 Å². The van der Waals surface area contributed by atoms with Gasteiger partial charge in [-0.15, -0.1) is 0 Å². The third kappa shape index (κ3) is 4.80. The number of hydrogen-bond donors (Lipinski definition) is 0. The molecule has 5 heteroatoms. The molecule has 112 valence electrons. The molecule has 1 atom stereocenters. The first kappa shape index (κ1) is 15.9. The molecule has 0 radical (unpaired) electrons. The Morgan fingerprint density at radius 3 is 2.81 bits per heavy atom. The van der Waals surface area contributed by atoms with E-state index in [4.69, 9.17) is 28.0 Å². The van der Waals surface area contributed by atoms with Gasteiger partial charge in [0.2, 0.25) is 0 Å². The lowest BCUT2D eigenvalue weighted by Gasteiger charge is -2.18. The molecule has 0 N–H and O–H groups in total. The van der Waals surface area contributed by atoms with Crippen LogP contribution in [0.1, 0.15) is 31.7 Å². The number of rotatable bonds is 6. The van der Waals surface area contributed by atoms with Crippen LogP contribution in [-0.2, 0) is 0 Å². The minimum absolute atomic E-state index is 0.159. The van der Waals surface area contributed by atoms with Gasteiger partial charge in [0, 0.05) is 22.2 Å². The second-order valence-corrected chi connectivity index (χ2v) is 5.94. The van der Waals surface area contributed by atoms with Crippen LogP contribution in [-0.4, -0.2) is 16.3 Å². The molecule has 0 fully saturated rings. The second kappa shape index (κ2) is 7.53. The van der Waals surface area contributed by atoms with E-state index in [0.717, 1.165) is 12.0 Å². The summed E-state index contributed by atoms with van der Waals surface area (Å²) in [6.45, 7) is 4.68. The quantitative estimate of drug-likeness (QED) is 0.716. The van der Waals surface area contributed by atoms with Gasteiger partial charge in [0.1, 0.15) is 12.9 Å². The highest BCUT2D eigenvalue weighted by molar-refractivity contribution is 6.35. The van der Waals surface area contributed by atoms with Crippen molar-refractivity contribution in [2.24, 2.45) is 0 Å². The lowest BCUT2D eigenvalue weighted by Crippen LogP contribution is -2.17. The lowest BCUT2D eigenvalue weighted by atomic mass is 9.95. The average molecular weight is 325 g/mol. The highest BCUT2D eigenvalue weighted by Crippen LogP contribution is 2.30. The van der Waals surface area contributed by atoms with Crippen molar-refractivity contribution in [1.29, 1.82) is 0 Å². The van der Waals surface area contributed by atoms with E-state index in [0.29, 0.717) is 16.7 Å². The Bertz CT molecular complexity index is 605. The van der Waals surface area contributed by atoms with Crippen LogP contribution in [0, 0.1) is 0 Å². The number of allylic oxidation sites excluding steroid dienone is 2. The van der Waals surface area contributed by atoms with Crippen LogP contribution in [0.25, 0.3) is 0 Å². The molecule has 1 heterocycles. The van der Waals surface area contributed by atoms with Crippen LogP contribution in [0.2, 0.25) is 10.0 Å². The van der Waals surface area contributed by atoms with Gasteiger partial charge in [0.25, 0.3) is 0 Å². The summed E-state index contributed by atoms with van der Waals surface area (Å²) in [7, 11) is 0. The molecule has 2 rings (SSSR count). The zero-order valence-corrected chi connectivity index (χ0v) is 13.6. The van der Waals surface area contributed by atoms with Crippen molar-refractivity contribution in [2.75, 3.05) is 6.61 Å². The Kier molecular flexibility index (Phi) is 5.71. The van der Waals surface area contributed by atoms with Gasteiger partial charge in [-0.3, -0.25) is 0 Å². The molecular formula is C16H18Cl2N2O. The van der Waals surface area contributed by atoms with Gasteiger partial charge in [0.05, 0.1) is 6.20 Å². The zero-order chi connectivity index (χ0) is 15.2. The molecule has 0 spiro atoms. The Morgan fingerprint density at radius 2 is 2.19 bits per heavy atom. The van der Waals surface area contributed by atoms with Crippen molar-refractivity contribution >= 4 is 23.2 Å². The van der Waals surface area contributed by atoms with E-state index in [9.17, 15) is 0 Å². The monoisotopic (exact) mass is 324 g/mol. The van der Waals surface area contributed by atoms with E-state index in [-0.39, 0.29) is 5.92 Å². The number of benzene rings is 1. The molecule has 1 aromatic carbocycles. The van der Waals surface area contributed by atoms with Crippen LogP contribution in [0.3, 0.4) is 0 Å². The van der Waals surface area contributed by atoms with Crippen LogP contribution < -0.4 is 4.84 Å². The molecule has 1 unspecified atom stereocenters. The summed E-state index contributed by atoms with van der Waals surface area (Å²) in [5, 5.41) is 1.31. The van der Waals surface area contributed by atoms with E-state index in [2.05, 4.69) is 24.9 Å². The zero-order valence-electron chi connectivity index (χ0n) is 12.1. The van der Waals surface area contributed by atoms with Crippen molar-refractivity contribution in [3.05, 3.63) is 64.2 Å². The third-order valence-electron chi connectivity index (χ3n) is 3.12. The Morgan fingerprint density at radius 1 is 1.38 bits per heavy atom. The van der Waals surface area contributed by atoms with Gasteiger partial charge < -0.3 is 4.84 Å². The fourth-order valence-corrected chi connectivity index (χ4v) is 2.56. The maximum atomic E-state index is 6.32. The summed E-state index contributed by atoms with van der Waals surface area (Å²) in [6, 6.07) is 5.59. The van der Waals surface area contributed by atoms with E-state index in [1.54, 1.807) is 29.5 Å². The summed E-state index contributed by atoms with van der Waals surface area (Å²) in [5.41, 5.74) is 2.31. The summed E-state index contributed by atoms with van der Waals surface area (Å²) in [4.78, 5) is 9.67. The summed E-state index contributed by atoms with van der Waals surface area (Å²) in [5.74, 6) is 0.159. The standard InChI is InChI=1S/C16H18Cl2N2O/c1-12(2)3-4-13(10-21-20-8-7-19-11-20)15-6-5-14(17)9-16(15)18/h3,5-9,11,13H,4,10H2,1-2H3. The first-order valence-corrected chi connectivity index (χ1v) is 7.51. The summed E-state index contributed by atoms with van der Waals surface area (Å²) < 4.78 is 1.60. The first-order chi connectivity index (χ1) is 10.1. The molecule has 0 aliphatic heterocycles. The van der Waals surface area contributed by atoms with Crippen molar-refractivity contribution in [3.8, 4) is 0 Å². The number of imidazole rings is 1. The maximum Gasteiger partial charge on any atom is 0.131 e. The van der Waals surface area contributed by atoms with Gasteiger partial charge in [-0.25, -0.2) is 4.98 Å². The van der Waals surface area contributed by atoms with Crippen LogP contribution in [0.4, 0.5) is 0 Å². The van der Waals surface area contributed by atoms with E-state index >= 15 is 0 Å². The summed E-state index contributed by atoms with van der Waals surface area (Å²) in [6.07, 6.45) is 8.12. The third-order valence-corrected chi connectivity index (χ3v) is 3.68. The molecule has 0 bridgehead atoms. The predicted octanol–water partition coefficient (Wildman–Crippen LogP) is 4.76. The van der Waals surface area contributed by atoms with Gasteiger partial charge in [0.15, 0.2) is 0 Å². The molecule has 0 aliphatic carbocycles. The van der Waals surface area contributed by atoms with Gasteiger partial charge in [-0.05, 0) is 38.0 Å². The second-order valence-electron chi connectivity index (χ2n) is 5.10. The number of halogens is 2. The predicted molar refractivity (Wildman–Crippen MR) is 86.9 cm³/mol. The molecule has 1 aromatic heterocycles. The van der Waals surface area contributed by atoms with E-state index < -0.39 is 0 Å². The summed E-state index contributed by atoms with van der Waals surface area (Å²) >= 11 is 12.3. The van der Waals surface area contributed by atoms with Gasteiger partial charge >= 0.3 is 0 Å². The maximum absolute atomic E-state index is 6.32. The molecule has 0 saturated heterocycles. The van der Waals surface area contributed by atoms with E-state index in [1.165, 1.54) is 5.57 Å². The Labute approximate surface area is 135 Å². The minimum Gasteiger partial charge on any atom is -0.412 e. The van der Waals surface area contributed by atoms with Gasteiger partial charge in [-0.1, -0.05) is 40.9 Å². The van der Waals surface area contributed by atoms with Crippen molar-refractivity contribution in [2.45, 2.75) is 26.2 Å². The lowest BCUT2D eigenvalue weighted by molar-refractivity contribution is 0.0975. The fraction of sp³-hybridized carbons (Fsp3) is 0.312. The topological polar surface area (TPSA) is 27.1 Å². The van der Waals surface area contributed by atoms with Gasteiger partial charge in [-0.2, -0.15) is 4.73 Å². The first-order valence-electron chi connectivity index (χ1n) is 6.76. The normalized spacial score (nSPS) is 12.0. The average Bonchev–Trinajstić information content (AvgIpc) is 2.93. The molecule has 2 aromatic rings. The number of hydrogen-bond acceptors (Lipinski definition) is 2. The molecular weight excluding hydrogens is 307 g/mol. The van der Waals surface area contributed by atoms with Crippen molar-refractivity contribution in [3.63, 3.8) is 0 Å². The SMILES string of the molecule is CC(C)=CCC(COn1ccnc1)c1ccc(Cl)cc1Cl. The Hall–Kier alpha value is -1.45. The fourth-order valence-electron chi connectivity index (χ4n) is 1.99. The highest BCUT2D eigenvalue weighted by Gasteiger charge is 2.15. The van der Waals surface area contributed by atoms with Crippen LogP contribution in [0.15, 0.2) is 48.6 Å². The van der Waals surface area contributed by atoms with E-state index in [1.807, 2.05) is 12.1 Å². The Balaban J connectivity index is 2.16. The molecule has 0 aliphatic rings. The molecule has 21 heavy (non-hydrogen) atoms. The number of aromatic nitrogens is 2. The minimum atomic E-state index is 0.159. The smallest absolute Gasteiger partial charge is 0.131 e. The largest absolute Gasteiger partial charge is 0.412 e. The molecule has 0 amide bonds. The highest BCUT2D eigenvalue weighted by atomic mass is 35.5. The van der Waals surface area contributed by atoms with Crippen LogP contribution >= 0.6 is 23.2 Å². The molecule has 3 nitrogen and oxygen atoms in total. The van der Waals surface area contributed by atoms with Crippen molar-refractivity contribution in [1.82, 2.24) is 9.71 Å². The van der Waals surface area contributed by atoms with Crippen LogP contribution in [0.5, 0.6) is 0 Å².